The molecule has 1 aromatic rings. The number of benzene rings is 1. The van der Waals surface area contributed by atoms with Crippen molar-refractivity contribution in [1.82, 2.24) is 10.9 Å². The first-order chi connectivity index (χ1) is 6.15. The predicted octanol–water partition coefficient (Wildman–Crippen LogP) is 1.84. The molecule has 0 amide bonds. The third-order valence-electron chi connectivity index (χ3n) is 2.37. The third-order valence-corrected chi connectivity index (χ3v) is 2.37. The van der Waals surface area contributed by atoms with Crippen molar-refractivity contribution in [2.24, 2.45) is 0 Å². The Kier molecular flexibility index (Phi) is 3.46. The van der Waals surface area contributed by atoms with Gasteiger partial charge >= 0.3 is 0 Å². The molecule has 13 heavy (non-hydrogen) atoms. The van der Waals surface area contributed by atoms with Crippen molar-refractivity contribution in [2.75, 3.05) is 7.05 Å². The highest BCUT2D eigenvalue weighted by Crippen LogP contribution is 2.15. The van der Waals surface area contributed by atoms with Crippen LogP contribution < -0.4 is 10.9 Å². The molecular formula is C11H18N2. The highest BCUT2D eigenvalue weighted by atomic mass is 15.3. The van der Waals surface area contributed by atoms with Gasteiger partial charge in [0.1, 0.15) is 0 Å². The maximum atomic E-state index is 3.11. The number of nitrogens with one attached hydrogen (secondary N) is 2. The average molecular weight is 178 g/mol. The van der Waals surface area contributed by atoms with Crippen LogP contribution in [0.1, 0.15) is 22.3 Å². The molecule has 2 heteroatoms. The SMILES string of the molecule is CNNCc1cc(C)cc(C)c1C. The summed E-state index contributed by atoms with van der Waals surface area (Å²) in [6.45, 7) is 7.34. The predicted molar refractivity (Wildman–Crippen MR) is 56.6 cm³/mol. The Morgan fingerprint density at radius 3 is 2.46 bits per heavy atom. The molecule has 0 bridgehead atoms. The van der Waals surface area contributed by atoms with Crippen molar-refractivity contribution < 1.29 is 0 Å². The lowest BCUT2D eigenvalue weighted by molar-refractivity contribution is 0.594. The van der Waals surface area contributed by atoms with Crippen molar-refractivity contribution in [3.05, 3.63) is 34.4 Å². The van der Waals surface area contributed by atoms with Gasteiger partial charge in [-0.15, -0.1) is 0 Å². The summed E-state index contributed by atoms with van der Waals surface area (Å²) < 4.78 is 0. The second-order valence-corrected chi connectivity index (χ2v) is 3.47. The fraction of sp³-hybridized carbons (Fsp3) is 0.455. The van der Waals surface area contributed by atoms with Crippen molar-refractivity contribution in [2.45, 2.75) is 27.3 Å². The Bertz CT molecular complexity index is 292. The van der Waals surface area contributed by atoms with Crippen LogP contribution in [0.15, 0.2) is 12.1 Å². The Hall–Kier alpha value is -0.860. The summed E-state index contributed by atoms with van der Waals surface area (Å²) in [6.07, 6.45) is 0. The van der Waals surface area contributed by atoms with E-state index in [1.165, 1.54) is 22.3 Å². The van der Waals surface area contributed by atoms with Crippen molar-refractivity contribution in [3.63, 3.8) is 0 Å². The maximum absolute atomic E-state index is 3.11. The van der Waals surface area contributed by atoms with Gasteiger partial charge in [-0.2, -0.15) is 0 Å². The summed E-state index contributed by atoms with van der Waals surface area (Å²) in [5.41, 5.74) is 11.5. The van der Waals surface area contributed by atoms with Crippen LogP contribution in [0, 0.1) is 20.8 Å². The standard InChI is InChI=1S/C11H18N2/c1-8-5-9(2)10(3)11(6-8)7-13-12-4/h5-6,12-13H,7H2,1-4H3. The van der Waals surface area contributed by atoms with E-state index in [0.29, 0.717) is 0 Å². The monoisotopic (exact) mass is 178 g/mol. The molecule has 0 atom stereocenters. The number of rotatable bonds is 3. The van der Waals surface area contributed by atoms with Crippen LogP contribution in [0.3, 0.4) is 0 Å². The zero-order chi connectivity index (χ0) is 9.84. The quantitative estimate of drug-likeness (QED) is 0.690. The van der Waals surface area contributed by atoms with Crippen molar-refractivity contribution in [3.8, 4) is 0 Å². The minimum atomic E-state index is 0.880. The molecule has 0 aliphatic carbocycles. The van der Waals surface area contributed by atoms with Gasteiger partial charge in [0.05, 0.1) is 0 Å². The van der Waals surface area contributed by atoms with Gasteiger partial charge in [-0.25, -0.2) is 0 Å². The highest BCUT2D eigenvalue weighted by Gasteiger charge is 2.01. The van der Waals surface area contributed by atoms with E-state index in [0.717, 1.165) is 6.54 Å². The van der Waals surface area contributed by atoms with E-state index in [2.05, 4.69) is 43.8 Å². The van der Waals surface area contributed by atoms with Crippen LogP contribution in [0.4, 0.5) is 0 Å². The van der Waals surface area contributed by atoms with Gasteiger partial charge in [-0.05, 0) is 44.5 Å². The Balaban J connectivity index is 2.92. The molecule has 2 nitrogen and oxygen atoms in total. The van der Waals surface area contributed by atoms with Crippen LogP contribution in [0.2, 0.25) is 0 Å². The molecule has 1 rings (SSSR count). The lowest BCUT2D eigenvalue weighted by Gasteiger charge is -2.10. The molecule has 2 N–H and O–H groups in total. The zero-order valence-electron chi connectivity index (χ0n) is 8.86. The van der Waals surface area contributed by atoms with Gasteiger partial charge in [-0.3, -0.25) is 10.9 Å². The van der Waals surface area contributed by atoms with Gasteiger partial charge in [0.2, 0.25) is 0 Å². The van der Waals surface area contributed by atoms with Crippen LogP contribution in [-0.2, 0) is 6.54 Å². The molecule has 0 saturated carbocycles. The van der Waals surface area contributed by atoms with E-state index in [1.54, 1.807) is 0 Å². The van der Waals surface area contributed by atoms with E-state index in [-0.39, 0.29) is 0 Å². The van der Waals surface area contributed by atoms with Gasteiger partial charge in [0, 0.05) is 6.54 Å². The summed E-state index contributed by atoms with van der Waals surface area (Å²) >= 11 is 0. The van der Waals surface area contributed by atoms with Gasteiger partial charge in [0.15, 0.2) is 0 Å². The van der Waals surface area contributed by atoms with Crippen LogP contribution in [0.5, 0.6) is 0 Å². The Morgan fingerprint density at radius 2 is 1.85 bits per heavy atom. The minimum absolute atomic E-state index is 0.880. The molecule has 1 aromatic carbocycles. The van der Waals surface area contributed by atoms with Crippen LogP contribution in [0.25, 0.3) is 0 Å². The molecule has 0 aromatic heterocycles. The van der Waals surface area contributed by atoms with Gasteiger partial charge in [-0.1, -0.05) is 17.7 Å². The summed E-state index contributed by atoms with van der Waals surface area (Å²) in [6, 6.07) is 4.45. The molecule has 0 fully saturated rings. The largest absolute Gasteiger partial charge is 0.261 e. The smallest absolute Gasteiger partial charge is 0.0353 e. The second-order valence-electron chi connectivity index (χ2n) is 3.47. The second kappa shape index (κ2) is 4.40. The summed E-state index contributed by atoms with van der Waals surface area (Å²) in [7, 11) is 1.89. The molecule has 0 heterocycles. The van der Waals surface area contributed by atoms with Crippen LogP contribution in [-0.4, -0.2) is 7.05 Å². The summed E-state index contributed by atoms with van der Waals surface area (Å²) in [4.78, 5) is 0. The lowest BCUT2D eigenvalue weighted by atomic mass is 10.0. The number of hydrogen-bond acceptors (Lipinski definition) is 2. The van der Waals surface area contributed by atoms with Crippen molar-refractivity contribution in [1.29, 1.82) is 0 Å². The summed E-state index contributed by atoms with van der Waals surface area (Å²) in [5.74, 6) is 0. The first kappa shape index (κ1) is 10.2. The molecule has 0 aliphatic heterocycles. The molecule has 0 saturated heterocycles. The molecule has 0 spiro atoms. The molecule has 0 aliphatic rings. The lowest BCUT2D eigenvalue weighted by Crippen LogP contribution is -2.27. The number of hydrogen-bond donors (Lipinski definition) is 2. The summed E-state index contributed by atoms with van der Waals surface area (Å²) in [5, 5.41) is 0. The van der Waals surface area contributed by atoms with E-state index in [4.69, 9.17) is 0 Å². The fourth-order valence-electron chi connectivity index (χ4n) is 1.49. The Morgan fingerprint density at radius 1 is 1.15 bits per heavy atom. The third kappa shape index (κ3) is 2.54. The normalized spacial score (nSPS) is 10.5. The van der Waals surface area contributed by atoms with Crippen molar-refractivity contribution >= 4 is 0 Å². The topological polar surface area (TPSA) is 24.1 Å². The van der Waals surface area contributed by atoms with Gasteiger partial charge in [0.25, 0.3) is 0 Å². The first-order valence-electron chi connectivity index (χ1n) is 4.61. The van der Waals surface area contributed by atoms with E-state index in [9.17, 15) is 0 Å². The van der Waals surface area contributed by atoms with E-state index >= 15 is 0 Å². The van der Waals surface area contributed by atoms with E-state index in [1.807, 2.05) is 7.05 Å². The maximum Gasteiger partial charge on any atom is 0.0353 e. The number of aryl methyl sites for hydroxylation is 2. The zero-order valence-corrected chi connectivity index (χ0v) is 8.86. The number of hydrazine groups is 1. The average Bonchev–Trinajstić information content (AvgIpc) is 2.09. The minimum Gasteiger partial charge on any atom is -0.261 e. The molecular weight excluding hydrogens is 160 g/mol. The highest BCUT2D eigenvalue weighted by molar-refractivity contribution is 5.37. The Labute approximate surface area is 80.3 Å². The van der Waals surface area contributed by atoms with Crippen LogP contribution >= 0.6 is 0 Å². The van der Waals surface area contributed by atoms with Gasteiger partial charge < -0.3 is 0 Å². The first-order valence-corrected chi connectivity index (χ1v) is 4.61. The fourth-order valence-corrected chi connectivity index (χ4v) is 1.49. The van der Waals surface area contributed by atoms with E-state index < -0.39 is 0 Å². The molecule has 0 unspecified atom stereocenters. The molecule has 0 radical (unpaired) electrons. The molecule has 72 valence electrons.